The van der Waals surface area contributed by atoms with Crippen molar-refractivity contribution in [1.82, 2.24) is 10.2 Å². The quantitative estimate of drug-likeness (QED) is 0.591. The molecule has 0 aliphatic rings. The molecular weight excluding hydrogens is 154 g/mol. The second-order valence-corrected chi connectivity index (χ2v) is 4.20. The summed E-state index contributed by atoms with van der Waals surface area (Å²) < 4.78 is 21.3. The molecule has 0 saturated heterocycles. The minimum Gasteiger partial charge on any atom is -0.248 e. The van der Waals surface area contributed by atoms with E-state index in [4.69, 9.17) is 0 Å². The Morgan fingerprint density at radius 1 is 1.80 bits per heavy atom. The number of aromatic amines is 2. The first-order valence-corrected chi connectivity index (χ1v) is 4.71. The van der Waals surface area contributed by atoms with Crippen LogP contribution < -0.4 is 4.98 Å². The summed E-state index contributed by atoms with van der Waals surface area (Å²) in [5, 5.41) is 6.07. The van der Waals surface area contributed by atoms with Crippen LogP contribution in [-0.2, 0) is 15.6 Å². The molecule has 1 rings (SSSR count). The summed E-state index contributed by atoms with van der Waals surface area (Å²) in [5.74, 6) is 0.481. The van der Waals surface area contributed by atoms with E-state index in [9.17, 15) is 8.42 Å². The number of hydrogen-bond donors (Lipinski definition) is 1. The second kappa shape index (κ2) is 2.37. The Morgan fingerprint density at radius 3 is 2.90 bits per heavy atom. The maximum absolute atomic E-state index is 10.6. The summed E-state index contributed by atoms with van der Waals surface area (Å²) in [6.45, 7) is 0. The van der Waals surface area contributed by atoms with Crippen LogP contribution in [0, 0.1) is 0 Å². The Labute approximate surface area is 58.4 Å². The highest BCUT2D eigenvalue weighted by Gasteiger charge is 2.09. The van der Waals surface area contributed by atoms with Crippen molar-refractivity contribution in [2.24, 2.45) is 0 Å². The van der Waals surface area contributed by atoms with Crippen LogP contribution in [0.4, 0.5) is 0 Å². The van der Waals surface area contributed by atoms with Gasteiger partial charge in [0.1, 0.15) is 5.75 Å². The van der Waals surface area contributed by atoms with Gasteiger partial charge < -0.3 is 0 Å². The molecule has 0 radical (unpaired) electrons. The second-order valence-electron chi connectivity index (χ2n) is 2.06. The van der Waals surface area contributed by atoms with Gasteiger partial charge in [-0.1, -0.05) is 0 Å². The van der Waals surface area contributed by atoms with Crippen LogP contribution in [0.1, 0.15) is 5.82 Å². The molecule has 0 unspecified atom stereocenters. The molecule has 0 aromatic carbocycles. The van der Waals surface area contributed by atoms with Gasteiger partial charge in [0.2, 0.25) is 5.82 Å². The number of hydrogen-bond acceptors (Lipinski definition) is 3. The number of nitrogens with zero attached hydrogens (tertiary/aromatic N) is 1. The van der Waals surface area contributed by atoms with E-state index in [1.165, 1.54) is 12.6 Å². The molecule has 1 heterocycles. The lowest BCUT2D eigenvalue weighted by Gasteiger charge is -1.86. The van der Waals surface area contributed by atoms with Gasteiger partial charge in [-0.05, 0) is 0 Å². The van der Waals surface area contributed by atoms with Crippen LogP contribution in [0.5, 0.6) is 0 Å². The molecule has 0 aliphatic carbocycles. The molecule has 1 aromatic rings. The van der Waals surface area contributed by atoms with Gasteiger partial charge in [-0.25, -0.2) is 13.4 Å². The Kier molecular flexibility index (Phi) is 1.71. The highest BCUT2D eigenvalue weighted by molar-refractivity contribution is 7.89. The van der Waals surface area contributed by atoms with Crippen molar-refractivity contribution in [2.45, 2.75) is 5.75 Å². The fourth-order valence-electron chi connectivity index (χ4n) is 0.589. The first-order valence-electron chi connectivity index (χ1n) is 2.65. The molecule has 0 saturated carbocycles. The molecule has 56 valence electrons. The van der Waals surface area contributed by atoms with Crippen molar-refractivity contribution in [1.29, 1.82) is 0 Å². The van der Waals surface area contributed by atoms with Crippen molar-refractivity contribution >= 4 is 9.84 Å². The van der Waals surface area contributed by atoms with Gasteiger partial charge in [0, 0.05) is 11.4 Å². The fourth-order valence-corrected chi connectivity index (χ4v) is 1.26. The lowest BCUT2D eigenvalue weighted by molar-refractivity contribution is -0.388. The van der Waals surface area contributed by atoms with Crippen molar-refractivity contribution in [2.75, 3.05) is 6.26 Å². The van der Waals surface area contributed by atoms with E-state index < -0.39 is 9.84 Å². The number of rotatable bonds is 2. The van der Waals surface area contributed by atoms with E-state index >= 15 is 0 Å². The summed E-state index contributed by atoms with van der Waals surface area (Å²) in [7, 11) is -2.95. The van der Waals surface area contributed by atoms with Gasteiger partial charge in [0.05, 0.1) is 0 Å². The van der Waals surface area contributed by atoms with Crippen LogP contribution in [0.2, 0.25) is 0 Å². The summed E-state index contributed by atoms with van der Waals surface area (Å²) in [6, 6.07) is 0. The van der Waals surface area contributed by atoms with Gasteiger partial charge in [-0.15, -0.1) is 5.10 Å². The van der Waals surface area contributed by atoms with Gasteiger partial charge in [0.15, 0.2) is 9.84 Å². The first kappa shape index (κ1) is 7.20. The van der Waals surface area contributed by atoms with Gasteiger partial charge in [0.25, 0.3) is 6.33 Å². The van der Waals surface area contributed by atoms with E-state index in [-0.39, 0.29) is 5.75 Å². The zero-order valence-electron chi connectivity index (χ0n) is 5.46. The van der Waals surface area contributed by atoms with Crippen LogP contribution >= 0.6 is 0 Å². The smallest absolute Gasteiger partial charge is 0.248 e. The Balaban J connectivity index is 2.75. The molecule has 0 fully saturated rings. The minimum atomic E-state index is -2.95. The largest absolute Gasteiger partial charge is 0.262 e. The van der Waals surface area contributed by atoms with Crippen LogP contribution in [0.15, 0.2) is 6.33 Å². The van der Waals surface area contributed by atoms with Crippen LogP contribution in [-0.4, -0.2) is 24.9 Å². The molecule has 5 nitrogen and oxygen atoms in total. The number of H-pyrrole nitrogens is 2. The third kappa shape index (κ3) is 2.14. The summed E-state index contributed by atoms with van der Waals surface area (Å²) >= 11 is 0. The molecular formula is C4H8N3O2S+. The van der Waals surface area contributed by atoms with E-state index in [1.54, 1.807) is 0 Å². The van der Waals surface area contributed by atoms with Crippen molar-refractivity contribution in [3.05, 3.63) is 12.2 Å². The Morgan fingerprint density at radius 2 is 2.50 bits per heavy atom. The standard InChI is InChI=1S/C4H7N3O2S/c1-10(8,9)2-4-5-3-6-7-4/h3H,2H2,1H3,(H,5,6,7)/p+1. The molecule has 10 heavy (non-hydrogen) atoms. The summed E-state index contributed by atoms with van der Waals surface area (Å²) in [5.41, 5.74) is 0. The van der Waals surface area contributed by atoms with Crippen LogP contribution in [0.25, 0.3) is 0 Å². The third-order valence-electron chi connectivity index (χ3n) is 0.909. The summed E-state index contributed by atoms with van der Waals surface area (Å²) in [6.07, 6.45) is 2.57. The molecule has 2 N–H and O–H groups in total. The van der Waals surface area contributed by atoms with Crippen molar-refractivity contribution in [3.63, 3.8) is 0 Å². The zero-order chi connectivity index (χ0) is 7.61. The Bertz CT molecular complexity index is 288. The third-order valence-corrected chi connectivity index (χ3v) is 1.72. The normalized spacial score (nSPS) is 11.7. The Hall–Kier alpha value is -0.910. The van der Waals surface area contributed by atoms with E-state index in [2.05, 4.69) is 15.2 Å². The SMILES string of the molecule is CS(=O)(=O)Cc1[nH]nc[nH+]1. The molecule has 0 aliphatic heterocycles. The maximum Gasteiger partial charge on any atom is 0.262 e. The highest BCUT2D eigenvalue weighted by Crippen LogP contribution is 1.90. The van der Waals surface area contributed by atoms with E-state index in [0.717, 1.165) is 0 Å². The van der Waals surface area contributed by atoms with Gasteiger partial charge in [-0.2, -0.15) is 0 Å². The predicted octanol–water partition coefficient (Wildman–Crippen LogP) is -1.23. The average molecular weight is 162 g/mol. The molecule has 0 atom stereocenters. The molecule has 1 aromatic heterocycles. The lowest BCUT2D eigenvalue weighted by atomic mass is 10.7. The minimum absolute atomic E-state index is 0.0208. The molecule has 6 heteroatoms. The highest BCUT2D eigenvalue weighted by atomic mass is 32.2. The molecule has 0 amide bonds. The monoisotopic (exact) mass is 162 g/mol. The molecule has 0 bridgehead atoms. The summed E-state index contributed by atoms with van der Waals surface area (Å²) in [4.78, 5) is 2.65. The fraction of sp³-hybridized carbons (Fsp3) is 0.500. The topological polar surface area (TPSA) is 77.0 Å². The number of sulfone groups is 1. The molecule has 0 spiro atoms. The van der Waals surface area contributed by atoms with E-state index in [1.807, 2.05) is 0 Å². The van der Waals surface area contributed by atoms with Crippen molar-refractivity contribution in [3.8, 4) is 0 Å². The van der Waals surface area contributed by atoms with Crippen molar-refractivity contribution < 1.29 is 13.4 Å². The van der Waals surface area contributed by atoms with Crippen LogP contribution in [0.3, 0.4) is 0 Å². The van der Waals surface area contributed by atoms with Gasteiger partial charge >= 0.3 is 0 Å². The van der Waals surface area contributed by atoms with E-state index in [0.29, 0.717) is 5.82 Å². The average Bonchev–Trinajstić information content (AvgIpc) is 2.12. The number of nitrogens with one attached hydrogen (secondary N) is 2. The first-order chi connectivity index (χ1) is 4.58. The lowest BCUT2D eigenvalue weighted by Crippen LogP contribution is -2.11. The maximum atomic E-state index is 10.6. The predicted molar refractivity (Wildman–Crippen MR) is 33.7 cm³/mol. The van der Waals surface area contributed by atoms with Gasteiger partial charge in [-0.3, -0.25) is 0 Å². The number of aromatic nitrogens is 3. The zero-order valence-corrected chi connectivity index (χ0v) is 6.27.